The van der Waals surface area contributed by atoms with Gasteiger partial charge in [-0.05, 0) is 50.8 Å². The van der Waals surface area contributed by atoms with Crippen LogP contribution in [0.25, 0.3) is 0 Å². The van der Waals surface area contributed by atoms with Gasteiger partial charge in [0.15, 0.2) is 0 Å². The van der Waals surface area contributed by atoms with Crippen molar-refractivity contribution in [2.75, 3.05) is 12.3 Å². The highest BCUT2D eigenvalue weighted by molar-refractivity contribution is 5.93. The van der Waals surface area contributed by atoms with Gasteiger partial charge in [0, 0.05) is 5.69 Å². The van der Waals surface area contributed by atoms with E-state index >= 15 is 0 Å². The maximum Gasteiger partial charge on any atom is 0.341 e. The molecule has 110 valence electrons. The lowest BCUT2D eigenvalue weighted by Gasteiger charge is -2.19. The van der Waals surface area contributed by atoms with Crippen molar-refractivity contribution in [2.24, 2.45) is 0 Å². The van der Waals surface area contributed by atoms with Crippen LogP contribution in [0.4, 0.5) is 5.69 Å². The number of esters is 1. The van der Waals surface area contributed by atoms with Gasteiger partial charge in [-0.2, -0.15) is 0 Å². The summed E-state index contributed by atoms with van der Waals surface area (Å²) in [5.74, 6) is 0.216. The molecule has 1 saturated carbocycles. The van der Waals surface area contributed by atoms with Crippen molar-refractivity contribution < 1.29 is 14.3 Å². The van der Waals surface area contributed by atoms with Crippen molar-refractivity contribution in [3.05, 3.63) is 23.8 Å². The van der Waals surface area contributed by atoms with Crippen LogP contribution in [0.5, 0.6) is 5.75 Å². The topological polar surface area (TPSA) is 61.5 Å². The number of carbonyl (C=O) groups excluding carboxylic acids is 1. The molecule has 0 bridgehead atoms. The fourth-order valence-electron chi connectivity index (χ4n) is 2.56. The largest absolute Gasteiger partial charge is 0.490 e. The molecule has 20 heavy (non-hydrogen) atoms. The number of nitrogen functional groups attached to an aromatic ring is 1. The molecule has 1 fully saturated rings. The minimum atomic E-state index is -0.372. The van der Waals surface area contributed by atoms with Crippen molar-refractivity contribution in [3.63, 3.8) is 0 Å². The van der Waals surface area contributed by atoms with Crippen molar-refractivity contribution in [2.45, 2.75) is 51.6 Å². The van der Waals surface area contributed by atoms with E-state index in [1.165, 1.54) is 25.7 Å². The second kappa shape index (κ2) is 7.17. The summed E-state index contributed by atoms with van der Waals surface area (Å²) in [6.45, 7) is 2.13. The Balaban J connectivity index is 2.15. The quantitative estimate of drug-likeness (QED) is 0.519. The van der Waals surface area contributed by atoms with Gasteiger partial charge >= 0.3 is 5.97 Å². The molecule has 1 aromatic rings. The average Bonchev–Trinajstić information content (AvgIpc) is 2.69. The van der Waals surface area contributed by atoms with E-state index in [0.717, 1.165) is 12.8 Å². The molecule has 0 saturated heterocycles. The highest BCUT2D eigenvalue weighted by atomic mass is 16.5. The van der Waals surface area contributed by atoms with Crippen molar-refractivity contribution in [1.82, 2.24) is 0 Å². The Kier molecular flexibility index (Phi) is 5.27. The average molecular weight is 277 g/mol. The van der Waals surface area contributed by atoms with Crippen LogP contribution >= 0.6 is 0 Å². The summed E-state index contributed by atoms with van der Waals surface area (Å²) >= 11 is 0. The number of ether oxygens (including phenoxy) is 2. The molecule has 4 heteroatoms. The maximum atomic E-state index is 12.0. The van der Waals surface area contributed by atoms with E-state index in [1.54, 1.807) is 25.1 Å². The lowest BCUT2D eigenvalue weighted by atomic mass is 10.1. The molecule has 0 atom stereocenters. The van der Waals surface area contributed by atoms with E-state index in [4.69, 9.17) is 15.2 Å². The number of hydrogen-bond acceptors (Lipinski definition) is 4. The number of benzene rings is 1. The first-order valence-corrected chi connectivity index (χ1v) is 7.44. The van der Waals surface area contributed by atoms with E-state index in [1.807, 2.05) is 0 Å². The van der Waals surface area contributed by atoms with Crippen LogP contribution in [-0.2, 0) is 4.74 Å². The minimum absolute atomic E-state index is 0.189. The van der Waals surface area contributed by atoms with E-state index in [0.29, 0.717) is 23.6 Å². The van der Waals surface area contributed by atoms with Crippen molar-refractivity contribution in [3.8, 4) is 5.75 Å². The number of carbonyl (C=O) groups is 1. The van der Waals surface area contributed by atoms with Crippen LogP contribution < -0.4 is 10.5 Å². The molecule has 2 N–H and O–H groups in total. The SMILES string of the molecule is CCOC(=O)c1cc(N)ccc1OC1CCCCCC1. The zero-order chi connectivity index (χ0) is 14.4. The standard InChI is InChI=1S/C16H23NO3/c1-2-19-16(18)14-11-12(17)9-10-15(14)20-13-7-5-3-4-6-8-13/h9-11,13H,2-8,17H2,1H3. The lowest BCUT2D eigenvalue weighted by molar-refractivity contribution is 0.0518. The Morgan fingerprint density at radius 2 is 1.95 bits per heavy atom. The summed E-state index contributed by atoms with van der Waals surface area (Å²) in [6.07, 6.45) is 7.20. The molecule has 1 aliphatic carbocycles. The van der Waals surface area contributed by atoms with E-state index in [9.17, 15) is 4.79 Å². The molecule has 0 radical (unpaired) electrons. The van der Waals surface area contributed by atoms with Crippen LogP contribution in [0.3, 0.4) is 0 Å². The Morgan fingerprint density at radius 1 is 1.25 bits per heavy atom. The summed E-state index contributed by atoms with van der Waals surface area (Å²) in [5, 5.41) is 0. The summed E-state index contributed by atoms with van der Waals surface area (Å²) in [5.41, 5.74) is 6.73. The molecule has 0 aliphatic heterocycles. The summed E-state index contributed by atoms with van der Waals surface area (Å²) in [4.78, 5) is 12.0. The van der Waals surface area contributed by atoms with Crippen LogP contribution in [0.2, 0.25) is 0 Å². The van der Waals surface area contributed by atoms with E-state index < -0.39 is 0 Å². The minimum Gasteiger partial charge on any atom is -0.490 e. The van der Waals surface area contributed by atoms with Crippen molar-refractivity contribution in [1.29, 1.82) is 0 Å². The monoisotopic (exact) mass is 277 g/mol. The third-order valence-electron chi connectivity index (χ3n) is 3.59. The van der Waals surface area contributed by atoms with Crippen LogP contribution in [-0.4, -0.2) is 18.7 Å². The predicted molar refractivity (Wildman–Crippen MR) is 78.9 cm³/mol. The molecule has 2 rings (SSSR count). The van der Waals surface area contributed by atoms with Gasteiger partial charge in [-0.15, -0.1) is 0 Å². The van der Waals surface area contributed by atoms with E-state index in [2.05, 4.69) is 0 Å². The second-order valence-corrected chi connectivity index (χ2v) is 5.21. The van der Waals surface area contributed by atoms with Gasteiger partial charge in [-0.3, -0.25) is 0 Å². The molecule has 0 unspecified atom stereocenters. The molecule has 0 spiro atoms. The Hall–Kier alpha value is -1.71. The first kappa shape index (κ1) is 14.7. The fraction of sp³-hybridized carbons (Fsp3) is 0.562. The summed E-state index contributed by atoms with van der Waals surface area (Å²) < 4.78 is 11.1. The van der Waals surface area contributed by atoms with Crippen LogP contribution in [0.15, 0.2) is 18.2 Å². The number of nitrogens with two attached hydrogens (primary N) is 1. The Bertz CT molecular complexity index is 451. The highest BCUT2D eigenvalue weighted by Crippen LogP contribution is 2.27. The highest BCUT2D eigenvalue weighted by Gasteiger charge is 2.19. The zero-order valence-electron chi connectivity index (χ0n) is 12.1. The van der Waals surface area contributed by atoms with Gasteiger partial charge in [0.25, 0.3) is 0 Å². The molecule has 0 heterocycles. The molecular weight excluding hydrogens is 254 g/mol. The molecule has 1 aromatic carbocycles. The summed E-state index contributed by atoms with van der Waals surface area (Å²) in [7, 11) is 0. The van der Waals surface area contributed by atoms with E-state index in [-0.39, 0.29) is 12.1 Å². The maximum absolute atomic E-state index is 12.0. The van der Waals surface area contributed by atoms with Gasteiger partial charge in [0.05, 0.1) is 12.7 Å². The van der Waals surface area contributed by atoms with Gasteiger partial charge in [0.1, 0.15) is 11.3 Å². The van der Waals surface area contributed by atoms with Gasteiger partial charge in [0.2, 0.25) is 0 Å². The fourth-order valence-corrected chi connectivity index (χ4v) is 2.56. The number of hydrogen-bond donors (Lipinski definition) is 1. The Labute approximate surface area is 120 Å². The first-order chi connectivity index (χ1) is 9.70. The van der Waals surface area contributed by atoms with Crippen LogP contribution in [0.1, 0.15) is 55.8 Å². The lowest BCUT2D eigenvalue weighted by Crippen LogP contribution is -2.17. The molecule has 4 nitrogen and oxygen atoms in total. The second-order valence-electron chi connectivity index (χ2n) is 5.21. The predicted octanol–water partition coefficient (Wildman–Crippen LogP) is 3.55. The third-order valence-corrected chi connectivity index (χ3v) is 3.59. The van der Waals surface area contributed by atoms with Crippen molar-refractivity contribution >= 4 is 11.7 Å². The van der Waals surface area contributed by atoms with Gasteiger partial charge in [-0.25, -0.2) is 4.79 Å². The molecule has 1 aliphatic rings. The third kappa shape index (κ3) is 3.89. The zero-order valence-corrected chi connectivity index (χ0v) is 12.1. The smallest absolute Gasteiger partial charge is 0.341 e. The van der Waals surface area contributed by atoms with Crippen LogP contribution in [0, 0.1) is 0 Å². The first-order valence-electron chi connectivity index (χ1n) is 7.44. The number of anilines is 1. The summed E-state index contributed by atoms with van der Waals surface area (Å²) in [6, 6.07) is 5.16. The van der Waals surface area contributed by atoms with Gasteiger partial charge in [-0.1, -0.05) is 12.8 Å². The molecule has 0 amide bonds. The molecular formula is C16H23NO3. The number of rotatable bonds is 4. The Morgan fingerprint density at radius 3 is 2.60 bits per heavy atom. The van der Waals surface area contributed by atoms with Gasteiger partial charge < -0.3 is 15.2 Å². The molecule has 0 aromatic heterocycles. The normalized spacial score (nSPS) is 16.4.